The van der Waals surface area contributed by atoms with Gasteiger partial charge in [-0.3, -0.25) is 9.59 Å². The van der Waals surface area contributed by atoms with Crippen LogP contribution in [0.25, 0.3) is 0 Å². The summed E-state index contributed by atoms with van der Waals surface area (Å²) in [5.41, 5.74) is 1.63. The summed E-state index contributed by atoms with van der Waals surface area (Å²) in [7, 11) is 3.07. The zero-order valence-electron chi connectivity index (χ0n) is 20.7. The van der Waals surface area contributed by atoms with Crippen molar-refractivity contribution in [1.29, 1.82) is 0 Å². The lowest BCUT2D eigenvalue weighted by Crippen LogP contribution is -2.21. The summed E-state index contributed by atoms with van der Waals surface area (Å²) in [5.74, 6) is -0.684. The zero-order chi connectivity index (χ0) is 26.5. The van der Waals surface area contributed by atoms with Crippen LogP contribution in [-0.2, 0) is 9.59 Å². The second-order valence-electron chi connectivity index (χ2n) is 7.74. The number of nitrogens with one attached hydrogen (secondary N) is 1. The lowest BCUT2D eigenvalue weighted by molar-refractivity contribution is -0.139. The Labute approximate surface area is 219 Å². The largest absolute Gasteiger partial charge is 0.481 e. The first-order valence-corrected chi connectivity index (χ1v) is 12.7. The Morgan fingerprint density at radius 2 is 1.50 bits per heavy atom. The number of carbonyl (C=O) groups is 2. The molecule has 0 fully saturated rings. The number of nitrogens with zero attached hydrogens (tertiary/aromatic N) is 3. The van der Waals surface area contributed by atoms with Gasteiger partial charge in [-0.15, -0.1) is 0 Å². The number of hydrogen-bond donors (Lipinski definition) is 2. The summed E-state index contributed by atoms with van der Waals surface area (Å²) < 4.78 is 10.6. The van der Waals surface area contributed by atoms with Crippen LogP contribution in [0.1, 0.15) is 62.5 Å². The van der Waals surface area contributed by atoms with E-state index in [0.29, 0.717) is 27.6 Å². The minimum atomic E-state index is -0.801. The van der Waals surface area contributed by atoms with Crippen molar-refractivity contribution < 1.29 is 24.2 Å². The number of carboxylic acid groups (broad SMARTS) is 1. The van der Waals surface area contributed by atoms with Gasteiger partial charge in [-0.2, -0.15) is 0 Å². The van der Waals surface area contributed by atoms with Gasteiger partial charge in [-0.05, 0) is 36.1 Å². The quantitative estimate of drug-likeness (QED) is 0.317. The predicted molar refractivity (Wildman–Crippen MR) is 140 cm³/mol. The summed E-state index contributed by atoms with van der Waals surface area (Å²) in [5, 5.41) is 12.4. The van der Waals surface area contributed by atoms with Crippen LogP contribution in [0.3, 0.4) is 0 Å². The van der Waals surface area contributed by atoms with E-state index in [-0.39, 0.29) is 11.8 Å². The van der Waals surface area contributed by atoms with Gasteiger partial charge in [0.15, 0.2) is 5.13 Å². The molecule has 0 saturated carbocycles. The van der Waals surface area contributed by atoms with Crippen molar-refractivity contribution in [3.63, 3.8) is 0 Å². The molecule has 0 bridgehead atoms. The number of carbonyl (C=O) groups excluding carboxylic acids is 1. The third-order valence-corrected chi connectivity index (χ3v) is 6.25. The topological polar surface area (TPSA) is 124 Å². The molecule has 0 saturated heterocycles. The average Bonchev–Trinajstić information content (AvgIpc) is 3.30. The first-order chi connectivity index (χ1) is 17.3. The summed E-state index contributed by atoms with van der Waals surface area (Å²) in [4.78, 5) is 35.5. The van der Waals surface area contributed by atoms with Crippen LogP contribution in [0.2, 0.25) is 4.34 Å². The molecule has 194 valence electrons. The Hall–Kier alpha value is -3.24. The Kier molecular flexibility index (Phi) is 12.1. The van der Waals surface area contributed by atoms with Crippen LogP contribution >= 0.6 is 22.9 Å². The number of aliphatic carboxylic acids is 1. The Morgan fingerprint density at radius 3 is 1.94 bits per heavy atom. The second-order valence-corrected chi connectivity index (χ2v) is 9.40. The third-order valence-electron chi connectivity index (χ3n) is 5.22. The molecule has 0 aliphatic carbocycles. The van der Waals surface area contributed by atoms with Crippen molar-refractivity contribution >= 4 is 39.9 Å². The van der Waals surface area contributed by atoms with E-state index in [9.17, 15) is 9.59 Å². The summed E-state index contributed by atoms with van der Waals surface area (Å²) in [6, 6.07) is 7.01. The first-order valence-electron chi connectivity index (χ1n) is 11.5. The van der Waals surface area contributed by atoms with Crippen LogP contribution in [0.5, 0.6) is 11.8 Å². The highest BCUT2D eigenvalue weighted by atomic mass is 35.5. The maximum absolute atomic E-state index is 12.5. The van der Waals surface area contributed by atoms with E-state index in [0.717, 1.165) is 30.4 Å². The van der Waals surface area contributed by atoms with Crippen LogP contribution in [0.4, 0.5) is 5.13 Å². The van der Waals surface area contributed by atoms with E-state index >= 15 is 0 Å². The molecule has 0 aliphatic rings. The molecule has 2 unspecified atom stereocenters. The molecule has 3 heterocycles. The van der Waals surface area contributed by atoms with E-state index in [1.807, 2.05) is 19.9 Å². The van der Waals surface area contributed by atoms with E-state index < -0.39 is 11.9 Å². The first kappa shape index (κ1) is 29.0. The number of hydrogen-bond acceptors (Lipinski definition) is 8. The normalized spacial score (nSPS) is 12.0. The fourth-order valence-corrected chi connectivity index (χ4v) is 4.29. The van der Waals surface area contributed by atoms with E-state index in [2.05, 4.69) is 20.3 Å². The number of thiazole rings is 1. The van der Waals surface area contributed by atoms with Crippen LogP contribution in [0.15, 0.2) is 42.9 Å². The second kappa shape index (κ2) is 15.0. The van der Waals surface area contributed by atoms with Gasteiger partial charge < -0.3 is 19.9 Å². The maximum Gasteiger partial charge on any atom is 0.310 e. The smallest absolute Gasteiger partial charge is 0.310 e. The molecule has 9 nitrogen and oxygen atoms in total. The number of pyridine rings is 2. The van der Waals surface area contributed by atoms with Gasteiger partial charge in [-0.25, -0.2) is 15.0 Å². The SMILES string of the molecule is CCCC(C(=O)Nc1ncc(Cl)s1)c1ccnc(OC)c1.CCCC(C(=O)O)c1ccnc(OC)c1. The fraction of sp³-hybridized carbons (Fsp3) is 0.400. The monoisotopic (exact) mass is 534 g/mol. The Bertz CT molecular complexity index is 1130. The van der Waals surface area contributed by atoms with Gasteiger partial charge in [0.05, 0.1) is 32.3 Å². The number of anilines is 1. The van der Waals surface area contributed by atoms with Crippen molar-refractivity contribution in [3.05, 3.63) is 58.3 Å². The number of methoxy groups -OCH3 is 2. The number of halogens is 1. The molecule has 2 N–H and O–H groups in total. The fourth-order valence-electron chi connectivity index (χ4n) is 3.47. The molecular formula is C25H31ClN4O5S. The molecule has 0 spiro atoms. The van der Waals surface area contributed by atoms with Crippen molar-refractivity contribution in [2.24, 2.45) is 0 Å². The lowest BCUT2D eigenvalue weighted by Gasteiger charge is -2.16. The number of amides is 1. The average molecular weight is 535 g/mol. The van der Waals surface area contributed by atoms with Crippen LogP contribution < -0.4 is 14.8 Å². The van der Waals surface area contributed by atoms with E-state index in [1.54, 1.807) is 37.7 Å². The van der Waals surface area contributed by atoms with Gasteiger partial charge in [-0.1, -0.05) is 49.6 Å². The standard InChI is InChI=1S/C14H16ClN3O2S.C11H15NO3/c1-3-4-10(9-5-6-16-12(7-9)20-2)13(19)18-14-17-8-11(15)21-14;1-3-4-9(11(13)14)8-5-6-12-10(7-8)15-2/h5-8,10H,3-4H2,1-2H3,(H,17,18,19);5-7,9H,3-4H2,1-2H3,(H,13,14). The van der Waals surface area contributed by atoms with Crippen molar-refractivity contribution in [2.75, 3.05) is 19.5 Å². The van der Waals surface area contributed by atoms with Crippen molar-refractivity contribution in [2.45, 2.75) is 51.4 Å². The predicted octanol–water partition coefficient (Wildman–Crippen LogP) is 5.78. The number of ether oxygens (including phenoxy) is 2. The molecule has 36 heavy (non-hydrogen) atoms. The highest BCUT2D eigenvalue weighted by molar-refractivity contribution is 7.19. The van der Waals surface area contributed by atoms with Crippen LogP contribution in [-0.4, -0.2) is 46.2 Å². The molecule has 0 aromatic carbocycles. The molecule has 2 atom stereocenters. The molecular weight excluding hydrogens is 504 g/mol. The molecule has 3 aromatic heterocycles. The molecule has 1 amide bonds. The Morgan fingerprint density at radius 1 is 0.972 bits per heavy atom. The summed E-state index contributed by atoms with van der Waals surface area (Å²) in [6.45, 7) is 4.01. The highest BCUT2D eigenvalue weighted by Crippen LogP contribution is 2.28. The van der Waals surface area contributed by atoms with Gasteiger partial charge in [0.1, 0.15) is 4.34 Å². The van der Waals surface area contributed by atoms with Crippen molar-refractivity contribution in [3.8, 4) is 11.8 Å². The number of rotatable bonds is 11. The minimum Gasteiger partial charge on any atom is -0.481 e. The van der Waals surface area contributed by atoms with Gasteiger partial charge in [0.2, 0.25) is 17.7 Å². The molecule has 3 aromatic rings. The van der Waals surface area contributed by atoms with Crippen molar-refractivity contribution in [1.82, 2.24) is 15.0 Å². The highest BCUT2D eigenvalue weighted by Gasteiger charge is 2.22. The zero-order valence-corrected chi connectivity index (χ0v) is 22.3. The Balaban J connectivity index is 0.000000269. The summed E-state index contributed by atoms with van der Waals surface area (Å²) >= 11 is 7.06. The molecule has 0 aliphatic heterocycles. The molecule has 11 heteroatoms. The minimum absolute atomic E-state index is 0.101. The molecule has 3 rings (SSSR count). The maximum atomic E-state index is 12.5. The summed E-state index contributed by atoms with van der Waals surface area (Å²) in [6.07, 6.45) is 7.82. The lowest BCUT2D eigenvalue weighted by atomic mass is 9.94. The van der Waals surface area contributed by atoms with Gasteiger partial charge >= 0.3 is 5.97 Å². The number of carboxylic acids is 1. The van der Waals surface area contributed by atoms with Gasteiger partial charge in [0, 0.05) is 24.5 Å². The molecule has 0 radical (unpaired) electrons. The van der Waals surface area contributed by atoms with Gasteiger partial charge in [0.25, 0.3) is 0 Å². The van der Waals surface area contributed by atoms with E-state index in [4.69, 9.17) is 26.2 Å². The number of aromatic nitrogens is 3. The van der Waals surface area contributed by atoms with Crippen LogP contribution in [0, 0.1) is 0 Å². The third kappa shape index (κ3) is 8.76. The van der Waals surface area contributed by atoms with E-state index in [1.165, 1.54) is 24.6 Å².